The van der Waals surface area contributed by atoms with Crippen LogP contribution in [0.4, 0.5) is 10.6 Å². The summed E-state index contributed by atoms with van der Waals surface area (Å²) >= 11 is 0. The van der Waals surface area contributed by atoms with Crippen LogP contribution in [0.1, 0.15) is 25.5 Å². The van der Waals surface area contributed by atoms with Crippen LogP contribution >= 0.6 is 0 Å². The lowest BCUT2D eigenvalue weighted by Crippen LogP contribution is -2.42. The number of nitrogens with one attached hydrogen (secondary N) is 2. The van der Waals surface area contributed by atoms with Crippen molar-refractivity contribution >= 4 is 11.8 Å². The minimum absolute atomic E-state index is 0.111. The molecule has 112 valence electrons. The Kier molecular flexibility index (Phi) is 5.32. The highest BCUT2D eigenvalue weighted by Gasteiger charge is 2.22. The third-order valence-electron chi connectivity index (χ3n) is 3.59. The Labute approximate surface area is 124 Å². The minimum Gasteiger partial charge on any atom is -0.354 e. The fourth-order valence-corrected chi connectivity index (χ4v) is 2.45. The van der Waals surface area contributed by atoms with Crippen LogP contribution in [-0.2, 0) is 0 Å². The number of piperidine rings is 1. The molecule has 0 spiro atoms. The molecule has 1 fully saturated rings. The molecular weight excluding hydrogens is 268 g/mol. The predicted molar refractivity (Wildman–Crippen MR) is 78.8 cm³/mol. The molecule has 21 heavy (non-hydrogen) atoms. The van der Waals surface area contributed by atoms with Gasteiger partial charge in [-0.05, 0) is 25.7 Å². The molecular formula is C14H20N6O. The first-order valence-corrected chi connectivity index (χ1v) is 7.22. The van der Waals surface area contributed by atoms with E-state index < -0.39 is 0 Å². The van der Waals surface area contributed by atoms with E-state index in [9.17, 15) is 4.79 Å². The standard InChI is InChI=1S/C14H20N6O/c1-2-16-14(21)19-10-11-3-7-20(8-4-11)13-12(9-15)17-5-6-18-13/h5-6,11H,2-4,7-8,10H2,1H3,(H2,16,19,21). The lowest BCUT2D eigenvalue weighted by molar-refractivity contribution is 0.238. The molecule has 1 aromatic rings. The molecule has 1 aliphatic heterocycles. The number of anilines is 1. The van der Waals surface area contributed by atoms with Gasteiger partial charge in [0.05, 0.1) is 0 Å². The Morgan fingerprint density at radius 2 is 2.10 bits per heavy atom. The van der Waals surface area contributed by atoms with E-state index in [2.05, 4.69) is 31.6 Å². The van der Waals surface area contributed by atoms with Crippen molar-refractivity contribution in [2.45, 2.75) is 19.8 Å². The molecule has 0 bridgehead atoms. The van der Waals surface area contributed by atoms with Crippen LogP contribution in [0.2, 0.25) is 0 Å². The highest BCUT2D eigenvalue weighted by atomic mass is 16.2. The van der Waals surface area contributed by atoms with Crippen LogP contribution < -0.4 is 15.5 Å². The number of amides is 2. The number of aromatic nitrogens is 2. The quantitative estimate of drug-likeness (QED) is 0.858. The summed E-state index contributed by atoms with van der Waals surface area (Å²) in [5, 5.41) is 14.7. The fraction of sp³-hybridized carbons (Fsp3) is 0.571. The Morgan fingerprint density at radius 3 is 2.76 bits per heavy atom. The van der Waals surface area contributed by atoms with Crippen molar-refractivity contribution in [3.8, 4) is 6.07 Å². The Morgan fingerprint density at radius 1 is 1.38 bits per heavy atom. The van der Waals surface area contributed by atoms with E-state index in [4.69, 9.17) is 5.26 Å². The van der Waals surface area contributed by atoms with Gasteiger partial charge in [0, 0.05) is 38.6 Å². The Balaban J connectivity index is 1.83. The highest BCUT2D eigenvalue weighted by Crippen LogP contribution is 2.22. The fourth-order valence-electron chi connectivity index (χ4n) is 2.45. The van der Waals surface area contributed by atoms with Crippen molar-refractivity contribution in [1.29, 1.82) is 5.26 Å². The maximum Gasteiger partial charge on any atom is 0.314 e. The van der Waals surface area contributed by atoms with Gasteiger partial charge in [-0.15, -0.1) is 0 Å². The number of nitrogens with zero attached hydrogens (tertiary/aromatic N) is 4. The molecule has 2 heterocycles. The first kappa shape index (κ1) is 15.0. The molecule has 7 nitrogen and oxygen atoms in total. The highest BCUT2D eigenvalue weighted by molar-refractivity contribution is 5.73. The van der Waals surface area contributed by atoms with E-state index in [1.165, 1.54) is 6.20 Å². The molecule has 0 radical (unpaired) electrons. The smallest absolute Gasteiger partial charge is 0.314 e. The lowest BCUT2D eigenvalue weighted by Gasteiger charge is -2.32. The molecule has 2 amide bonds. The van der Waals surface area contributed by atoms with E-state index >= 15 is 0 Å². The molecule has 1 aromatic heterocycles. The van der Waals surface area contributed by atoms with Crippen molar-refractivity contribution in [3.63, 3.8) is 0 Å². The SMILES string of the molecule is CCNC(=O)NCC1CCN(c2nccnc2C#N)CC1. The van der Waals surface area contributed by atoms with E-state index in [0.29, 0.717) is 30.5 Å². The van der Waals surface area contributed by atoms with Crippen molar-refractivity contribution < 1.29 is 4.79 Å². The molecule has 0 atom stereocenters. The van der Waals surface area contributed by atoms with E-state index in [-0.39, 0.29) is 6.03 Å². The van der Waals surface area contributed by atoms with Gasteiger partial charge in [0.15, 0.2) is 11.5 Å². The van der Waals surface area contributed by atoms with Gasteiger partial charge >= 0.3 is 6.03 Å². The zero-order valence-electron chi connectivity index (χ0n) is 12.2. The summed E-state index contributed by atoms with van der Waals surface area (Å²) in [5.74, 6) is 1.13. The zero-order valence-corrected chi connectivity index (χ0v) is 12.2. The molecule has 1 saturated heterocycles. The summed E-state index contributed by atoms with van der Waals surface area (Å²) in [6.07, 6.45) is 5.08. The van der Waals surface area contributed by atoms with Crippen LogP contribution in [0.25, 0.3) is 0 Å². The number of hydrogen-bond acceptors (Lipinski definition) is 5. The predicted octanol–water partition coefficient (Wildman–Crippen LogP) is 0.884. The number of hydrogen-bond donors (Lipinski definition) is 2. The summed E-state index contributed by atoms with van der Waals surface area (Å²) in [6.45, 7) is 4.87. The average molecular weight is 288 g/mol. The normalized spacial score (nSPS) is 15.3. The molecule has 7 heteroatoms. The minimum atomic E-state index is -0.111. The van der Waals surface area contributed by atoms with E-state index in [1.54, 1.807) is 6.20 Å². The maximum atomic E-state index is 11.4. The van der Waals surface area contributed by atoms with E-state index in [1.807, 2.05) is 6.92 Å². The third-order valence-corrected chi connectivity index (χ3v) is 3.59. The third kappa shape index (κ3) is 4.05. The molecule has 0 saturated carbocycles. The van der Waals surface area contributed by atoms with Crippen molar-refractivity contribution in [1.82, 2.24) is 20.6 Å². The molecule has 1 aliphatic rings. The summed E-state index contributed by atoms with van der Waals surface area (Å²) in [4.78, 5) is 21.8. The second-order valence-electron chi connectivity index (χ2n) is 5.01. The van der Waals surface area contributed by atoms with Gasteiger partial charge in [-0.25, -0.2) is 14.8 Å². The second-order valence-corrected chi connectivity index (χ2v) is 5.01. The number of rotatable bonds is 4. The first-order valence-electron chi connectivity index (χ1n) is 7.22. The van der Waals surface area contributed by atoms with Crippen LogP contribution in [0.3, 0.4) is 0 Å². The van der Waals surface area contributed by atoms with Gasteiger partial charge in [-0.2, -0.15) is 5.26 Å². The largest absolute Gasteiger partial charge is 0.354 e. The van der Waals surface area contributed by atoms with Gasteiger partial charge in [-0.1, -0.05) is 0 Å². The van der Waals surface area contributed by atoms with Crippen LogP contribution in [0.15, 0.2) is 12.4 Å². The molecule has 2 rings (SSSR count). The lowest BCUT2D eigenvalue weighted by atomic mass is 9.97. The maximum absolute atomic E-state index is 11.4. The van der Waals surface area contributed by atoms with Crippen molar-refractivity contribution in [3.05, 3.63) is 18.1 Å². The first-order chi connectivity index (χ1) is 10.2. The van der Waals surface area contributed by atoms with Gasteiger partial charge in [-0.3, -0.25) is 0 Å². The number of carbonyl (C=O) groups is 1. The number of urea groups is 1. The van der Waals surface area contributed by atoms with E-state index in [0.717, 1.165) is 25.9 Å². The Hall–Kier alpha value is -2.36. The summed E-state index contributed by atoms with van der Waals surface area (Å²) in [7, 11) is 0. The summed E-state index contributed by atoms with van der Waals surface area (Å²) in [6, 6.07) is 1.97. The van der Waals surface area contributed by atoms with Crippen LogP contribution in [0, 0.1) is 17.2 Å². The Bertz CT molecular complexity index is 518. The van der Waals surface area contributed by atoms with Crippen molar-refractivity contribution in [2.75, 3.05) is 31.1 Å². The second kappa shape index (κ2) is 7.43. The average Bonchev–Trinajstić information content (AvgIpc) is 2.54. The molecule has 0 aliphatic carbocycles. The topological polar surface area (TPSA) is 93.9 Å². The van der Waals surface area contributed by atoms with Crippen LogP contribution in [-0.4, -0.2) is 42.2 Å². The van der Waals surface area contributed by atoms with Gasteiger partial charge in [0.25, 0.3) is 0 Å². The monoisotopic (exact) mass is 288 g/mol. The van der Waals surface area contributed by atoms with Gasteiger partial charge < -0.3 is 15.5 Å². The summed E-state index contributed by atoms with van der Waals surface area (Å²) in [5.41, 5.74) is 0.372. The number of carbonyl (C=O) groups excluding carboxylic acids is 1. The molecule has 0 aromatic carbocycles. The van der Waals surface area contributed by atoms with Crippen LogP contribution in [0.5, 0.6) is 0 Å². The zero-order chi connectivity index (χ0) is 15.1. The molecule has 0 unspecified atom stereocenters. The van der Waals surface area contributed by atoms with Gasteiger partial charge in [0.1, 0.15) is 6.07 Å². The van der Waals surface area contributed by atoms with Crippen molar-refractivity contribution in [2.24, 2.45) is 5.92 Å². The summed E-state index contributed by atoms with van der Waals surface area (Å²) < 4.78 is 0. The molecule has 2 N–H and O–H groups in total. The number of nitriles is 1. The van der Waals surface area contributed by atoms with Gasteiger partial charge in [0.2, 0.25) is 0 Å².